The summed E-state index contributed by atoms with van der Waals surface area (Å²) in [5, 5.41) is 15.0. The normalized spacial score (nSPS) is 20.6. The van der Waals surface area contributed by atoms with Gasteiger partial charge in [-0.25, -0.2) is 0 Å². The van der Waals surface area contributed by atoms with Gasteiger partial charge in [0.2, 0.25) is 17.7 Å². The quantitative estimate of drug-likeness (QED) is 0.359. The van der Waals surface area contributed by atoms with Crippen molar-refractivity contribution in [1.82, 2.24) is 15.1 Å². The van der Waals surface area contributed by atoms with Crippen LogP contribution in [0.5, 0.6) is 5.75 Å². The van der Waals surface area contributed by atoms with Crippen LogP contribution >= 0.6 is 0 Å². The number of rotatable bonds is 7. The molecule has 41 heavy (non-hydrogen) atoms. The van der Waals surface area contributed by atoms with E-state index in [4.69, 9.17) is 0 Å². The Kier molecular flexibility index (Phi) is 7.42. The number of fused-ring (bicyclic) bond motifs is 2. The highest BCUT2D eigenvalue weighted by atomic mass is 16.3. The molecule has 0 saturated carbocycles. The van der Waals surface area contributed by atoms with Gasteiger partial charge in [0.1, 0.15) is 11.8 Å². The van der Waals surface area contributed by atoms with Gasteiger partial charge in [-0.1, -0.05) is 84.9 Å². The van der Waals surface area contributed by atoms with Crippen LogP contribution in [0.2, 0.25) is 0 Å². The lowest BCUT2D eigenvalue weighted by molar-refractivity contribution is -0.164. The summed E-state index contributed by atoms with van der Waals surface area (Å²) in [6.45, 7) is 1.10. The Labute approximate surface area is 239 Å². The summed E-state index contributed by atoms with van der Waals surface area (Å²) in [4.78, 5) is 44.6. The minimum Gasteiger partial charge on any atom is -0.508 e. The van der Waals surface area contributed by atoms with E-state index in [9.17, 15) is 19.5 Å². The summed E-state index contributed by atoms with van der Waals surface area (Å²) in [5.41, 5.74) is 2.88. The molecule has 0 spiro atoms. The van der Waals surface area contributed by atoms with Crippen LogP contribution < -0.4 is 5.32 Å². The molecule has 0 radical (unpaired) electrons. The van der Waals surface area contributed by atoms with Crippen LogP contribution in [0.15, 0.2) is 97.1 Å². The largest absolute Gasteiger partial charge is 0.508 e. The average molecular weight is 548 g/mol. The minimum atomic E-state index is -0.731. The molecular weight excluding hydrogens is 514 g/mol. The second-order valence-corrected chi connectivity index (χ2v) is 11.0. The molecule has 7 nitrogen and oxygen atoms in total. The maximum absolute atomic E-state index is 14.1. The highest BCUT2D eigenvalue weighted by Crippen LogP contribution is 2.34. The van der Waals surface area contributed by atoms with Gasteiger partial charge in [-0.05, 0) is 46.0 Å². The highest BCUT2D eigenvalue weighted by Gasteiger charge is 2.49. The molecule has 208 valence electrons. The molecule has 0 aliphatic carbocycles. The third kappa shape index (κ3) is 5.53. The van der Waals surface area contributed by atoms with E-state index in [0.717, 1.165) is 27.5 Å². The molecule has 2 fully saturated rings. The summed E-state index contributed by atoms with van der Waals surface area (Å²) >= 11 is 0. The zero-order valence-corrected chi connectivity index (χ0v) is 22.8. The van der Waals surface area contributed by atoms with Crippen LogP contribution in [0, 0.1) is 5.92 Å². The number of aromatic hydroxyl groups is 1. The van der Waals surface area contributed by atoms with E-state index in [0.29, 0.717) is 32.5 Å². The molecular formula is C34H33N3O4. The number of hydrogen-bond acceptors (Lipinski definition) is 4. The van der Waals surface area contributed by atoms with Crippen molar-refractivity contribution in [3.63, 3.8) is 0 Å². The SMILES string of the molecule is O=C(NCc1ccccc1)C1CCC(=O)N2C(Cc3ccc(O)cc3)C(=O)N(Cc3cccc4ccccc34)CC12. The number of carbonyl (C=O) groups is 3. The Balaban J connectivity index is 1.32. The third-order valence-corrected chi connectivity index (χ3v) is 8.37. The summed E-state index contributed by atoms with van der Waals surface area (Å²) in [7, 11) is 0. The van der Waals surface area contributed by atoms with Crippen LogP contribution in [-0.4, -0.2) is 51.3 Å². The summed E-state index contributed by atoms with van der Waals surface area (Å²) in [6.07, 6.45) is 0.983. The maximum Gasteiger partial charge on any atom is 0.246 e. The predicted molar refractivity (Wildman–Crippen MR) is 157 cm³/mol. The second kappa shape index (κ2) is 11.5. The first kappa shape index (κ1) is 26.6. The standard InChI is InChI=1S/C34H33N3O4/c38-27-15-13-23(14-16-27)19-30-34(41)36(21-26-11-6-10-25-9-4-5-12-28(25)26)22-31-29(17-18-32(39)37(30)31)33(40)35-20-24-7-2-1-3-8-24/h1-16,29-31,38H,17-22H2,(H,35,40). The molecule has 6 rings (SSSR count). The van der Waals surface area contributed by atoms with E-state index in [1.807, 2.05) is 59.5 Å². The number of hydrogen-bond donors (Lipinski definition) is 2. The zero-order chi connectivity index (χ0) is 28.3. The molecule has 0 bridgehead atoms. The molecule has 3 atom stereocenters. The Morgan fingerprint density at radius 2 is 1.59 bits per heavy atom. The molecule has 4 aromatic rings. The number of piperidine rings is 1. The first-order valence-corrected chi connectivity index (χ1v) is 14.1. The molecule has 7 heteroatoms. The van der Waals surface area contributed by atoms with Gasteiger partial charge < -0.3 is 20.2 Å². The molecule has 2 heterocycles. The van der Waals surface area contributed by atoms with Crippen LogP contribution in [0.25, 0.3) is 10.8 Å². The fourth-order valence-electron chi connectivity index (χ4n) is 6.29. The average Bonchev–Trinajstić information content (AvgIpc) is 3.00. The lowest BCUT2D eigenvalue weighted by Crippen LogP contribution is -2.68. The number of benzene rings is 4. The number of piperazine rings is 1. The van der Waals surface area contributed by atoms with Gasteiger partial charge in [-0.3, -0.25) is 14.4 Å². The van der Waals surface area contributed by atoms with Crippen LogP contribution in [0.4, 0.5) is 0 Å². The van der Waals surface area contributed by atoms with Gasteiger partial charge in [0, 0.05) is 32.5 Å². The lowest BCUT2D eigenvalue weighted by atomic mass is 9.83. The third-order valence-electron chi connectivity index (χ3n) is 8.37. The number of phenols is 1. The zero-order valence-electron chi connectivity index (χ0n) is 22.8. The Morgan fingerprint density at radius 1 is 0.854 bits per heavy atom. The highest BCUT2D eigenvalue weighted by molar-refractivity contribution is 5.93. The monoisotopic (exact) mass is 547 g/mol. The molecule has 2 aliphatic heterocycles. The van der Waals surface area contributed by atoms with Crippen LogP contribution in [0.1, 0.15) is 29.5 Å². The van der Waals surface area contributed by atoms with Crippen molar-refractivity contribution in [2.75, 3.05) is 6.54 Å². The fraction of sp³-hybridized carbons (Fsp3) is 0.265. The van der Waals surface area contributed by atoms with Crippen molar-refractivity contribution in [3.8, 4) is 5.75 Å². The van der Waals surface area contributed by atoms with Gasteiger partial charge in [-0.15, -0.1) is 0 Å². The lowest BCUT2D eigenvalue weighted by Gasteiger charge is -2.50. The molecule has 4 aromatic carbocycles. The Morgan fingerprint density at radius 3 is 2.39 bits per heavy atom. The minimum absolute atomic E-state index is 0.0935. The smallest absolute Gasteiger partial charge is 0.246 e. The predicted octanol–water partition coefficient (Wildman–Crippen LogP) is 4.42. The first-order valence-electron chi connectivity index (χ1n) is 14.1. The van der Waals surface area contributed by atoms with Gasteiger partial charge in [0.05, 0.1) is 12.0 Å². The Hall–Kier alpha value is -4.65. The van der Waals surface area contributed by atoms with Gasteiger partial charge in [0.25, 0.3) is 0 Å². The van der Waals surface area contributed by atoms with Gasteiger partial charge >= 0.3 is 0 Å². The van der Waals surface area contributed by atoms with E-state index >= 15 is 0 Å². The van der Waals surface area contributed by atoms with Crippen molar-refractivity contribution in [2.45, 2.75) is 44.4 Å². The number of phenolic OH excluding ortho intramolecular Hbond substituents is 1. The molecule has 0 aromatic heterocycles. The molecule has 3 amide bonds. The van der Waals surface area contributed by atoms with Gasteiger partial charge in [-0.2, -0.15) is 0 Å². The molecule has 2 aliphatic rings. The van der Waals surface area contributed by atoms with Crippen LogP contribution in [0.3, 0.4) is 0 Å². The second-order valence-electron chi connectivity index (χ2n) is 11.0. The van der Waals surface area contributed by atoms with E-state index in [-0.39, 0.29) is 29.9 Å². The van der Waals surface area contributed by atoms with Crippen molar-refractivity contribution < 1.29 is 19.5 Å². The number of amides is 3. The topological polar surface area (TPSA) is 90.0 Å². The fourth-order valence-corrected chi connectivity index (χ4v) is 6.29. The number of nitrogens with zero attached hydrogens (tertiary/aromatic N) is 2. The van der Waals surface area contributed by atoms with E-state index in [1.165, 1.54) is 0 Å². The number of nitrogens with one attached hydrogen (secondary N) is 1. The molecule has 3 unspecified atom stereocenters. The first-order chi connectivity index (χ1) is 20.0. The van der Waals surface area contributed by atoms with Crippen molar-refractivity contribution in [3.05, 3.63) is 114 Å². The van der Waals surface area contributed by atoms with Crippen molar-refractivity contribution in [2.24, 2.45) is 5.92 Å². The van der Waals surface area contributed by atoms with Gasteiger partial charge in [0.15, 0.2) is 0 Å². The Bertz CT molecular complexity index is 1560. The summed E-state index contributed by atoms with van der Waals surface area (Å²) in [5.74, 6) is -0.602. The molecule has 2 saturated heterocycles. The van der Waals surface area contributed by atoms with Crippen molar-refractivity contribution in [1.29, 1.82) is 0 Å². The number of carbonyl (C=O) groups excluding carboxylic acids is 3. The summed E-state index contributed by atoms with van der Waals surface area (Å²) < 4.78 is 0. The van der Waals surface area contributed by atoms with E-state index in [1.54, 1.807) is 29.2 Å². The van der Waals surface area contributed by atoms with Crippen LogP contribution in [-0.2, 0) is 33.9 Å². The maximum atomic E-state index is 14.1. The van der Waals surface area contributed by atoms with Crippen molar-refractivity contribution >= 4 is 28.5 Å². The molecule has 2 N–H and O–H groups in total. The summed E-state index contributed by atoms with van der Waals surface area (Å²) in [6, 6.07) is 29.5. The van der Waals surface area contributed by atoms with E-state index in [2.05, 4.69) is 23.5 Å². The van der Waals surface area contributed by atoms with E-state index < -0.39 is 18.0 Å².